The summed E-state index contributed by atoms with van der Waals surface area (Å²) >= 11 is 0. The minimum Gasteiger partial charge on any atom is -0.481 e. The van der Waals surface area contributed by atoms with Gasteiger partial charge in [0.05, 0.1) is 24.2 Å². The highest BCUT2D eigenvalue weighted by Gasteiger charge is 2.70. The van der Waals surface area contributed by atoms with Crippen molar-refractivity contribution in [2.75, 3.05) is 6.61 Å². The number of aliphatic carboxylic acids is 2. The molecule has 0 radical (unpaired) electrons. The van der Waals surface area contributed by atoms with Crippen LogP contribution < -0.4 is 0 Å². The molecular formula is C41H64O14. The SMILES string of the molecule is C[C@H]1[C@H](C)[C@H]2C3=CC[C@@H]4[C@@]5(C)CC[C@@H](O[C@@H]6O[C@H](C(=O)O)[C@H](O)[C@H](O)[C@@H]6O[C@@H]6OC[C@@H](O)[C@H](O)[C@@H]6O)C(C)(C)[C@H]5CC[C@@]4(C)[C@]3(C)CC[C@@]2(C(=O)O)C[C@H]1O. The molecule has 2 heterocycles. The van der Waals surface area contributed by atoms with E-state index in [4.69, 9.17) is 18.9 Å². The van der Waals surface area contributed by atoms with Gasteiger partial charge in [0.2, 0.25) is 0 Å². The average molecular weight is 781 g/mol. The molecule has 7 rings (SSSR count). The van der Waals surface area contributed by atoms with E-state index < -0.39 is 90.3 Å². The summed E-state index contributed by atoms with van der Waals surface area (Å²) < 4.78 is 23.8. The number of rotatable bonds is 6. The standard InChI is InChI=1S/C41H64O14/c1-18-19(2)26-20-8-9-24-38(5)12-11-25(37(3,4)23(38)10-13-40(24,7)39(20,6)14-15-41(26,36(50)51)16-21(18)42)53-35-32(29(46)28(45)31(54-35)33(48)49)55-34-30(47)27(44)22(43)17-52-34/h8,18-19,21-32,34-35,42-47H,9-17H2,1-7H3,(H,48,49)(H,50,51)/t18-,19-,21+,22+,23+,24+,25+,26-,27-,28+,29-,30-,31-,32-,34-,35+,38-,39+,40+,41+/m0/s1. The van der Waals surface area contributed by atoms with Crippen LogP contribution in [0, 0.1) is 56.7 Å². The van der Waals surface area contributed by atoms with Crippen LogP contribution in [0.3, 0.4) is 0 Å². The first-order valence-electron chi connectivity index (χ1n) is 20.4. The molecule has 5 aliphatic carbocycles. The van der Waals surface area contributed by atoms with Crippen LogP contribution in [0.15, 0.2) is 11.6 Å². The van der Waals surface area contributed by atoms with Crippen LogP contribution in [0.2, 0.25) is 0 Å². The summed E-state index contributed by atoms with van der Waals surface area (Å²) in [5.41, 5.74) is -0.665. The van der Waals surface area contributed by atoms with Crippen LogP contribution in [0.25, 0.3) is 0 Å². The van der Waals surface area contributed by atoms with E-state index in [0.29, 0.717) is 12.8 Å². The minimum absolute atomic E-state index is 0.0105. The Labute approximate surface area is 323 Å². The van der Waals surface area contributed by atoms with E-state index in [1.165, 1.54) is 5.57 Å². The number of fused-ring (bicyclic) bond motifs is 7. The first-order valence-corrected chi connectivity index (χ1v) is 20.4. The molecule has 0 unspecified atom stereocenters. The Kier molecular flexibility index (Phi) is 10.5. The van der Waals surface area contributed by atoms with Crippen molar-refractivity contribution in [1.29, 1.82) is 0 Å². The smallest absolute Gasteiger partial charge is 0.335 e. The fourth-order valence-electron chi connectivity index (χ4n) is 13.7. The lowest BCUT2D eigenvalue weighted by atomic mass is 9.33. The number of carbonyl (C=O) groups is 2. The molecule has 0 spiro atoms. The molecule has 4 saturated carbocycles. The second-order valence-electron chi connectivity index (χ2n) is 19.8. The summed E-state index contributed by atoms with van der Waals surface area (Å²) in [5, 5.41) is 84.4. The summed E-state index contributed by atoms with van der Waals surface area (Å²) in [6.07, 6.45) is -7.96. The van der Waals surface area contributed by atoms with Crippen molar-refractivity contribution < 1.29 is 69.4 Å². The number of hydrogen-bond donors (Lipinski definition) is 8. The van der Waals surface area contributed by atoms with E-state index in [0.717, 1.165) is 32.1 Å². The van der Waals surface area contributed by atoms with Gasteiger partial charge in [-0.25, -0.2) is 4.79 Å². The third kappa shape index (κ3) is 5.93. The summed E-state index contributed by atoms with van der Waals surface area (Å²) in [6.45, 7) is 15.3. The summed E-state index contributed by atoms with van der Waals surface area (Å²) in [7, 11) is 0. The highest BCUT2D eigenvalue weighted by molar-refractivity contribution is 5.77. The van der Waals surface area contributed by atoms with Gasteiger partial charge in [-0.3, -0.25) is 4.79 Å². The second-order valence-corrected chi connectivity index (χ2v) is 19.8. The van der Waals surface area contributed by atoms with Crippen molar-refractivity contribution >= 4 is 11.9 Å². The van der Waals surface area contributed by atoms with Crippen LogP contribution in [0.5, 0.6) is 0 Å². The largest absolute Gasteiger partial charge is 0.481 e. The van der Waals surface area contributed by atoms with Crippen LogP contribution in [-0.4, -0.2) is 127 Å². The van der Waals surface area contributed by atoms with Crippen molar-refractivity contribution in [3.63, 3.8) is 0 Å². The van der Waals surface area contributed by atoms with Gasteiger partial charge >= 0.3 is 11.9 Å². The van der Waals surface area contributed by atoms with Crippen LogP contribution in [0.4, 0.5) is 0 Å². The second kappa shape index (κ2) is 13.9. The Morgan fingerprint density at radius 3 is 2.11 bits per heavy atom. The number of aliphatic hydroxyl groups is 6. The number of carboxylic acids is 2. The topological polar surface area (TPSA) is 233 Å². The van der Waals surface area contributed by atoms with Crippen molar-refractivity contribution in [3.05, 3.63) is 11.6 Å². The lowest BCUT2D eigenvalue weighted by molar-refractivity contribution is -0.366. The number of carboxylic acid groups (broad SMARTS) is 2. The number of hydrogen-bond acceptors (Lipinski definition) is 12. The van der Waals surface area contributed by atoms with Gasteiger partial charge in [0.25, 0.3) is 0 Å². The fourth-order valence-corrected chi connectivity index (χ4v) is 13.7. The van der Waals surface area contributed by atoms with Crippen LogP contribution >= 0.6 is 0 Å². The van der Waals surface area contributed by atoms with Crippen LogP contribution in [0.1, 0.15) is 99.8 Å². The Morgan fingerprint density at radius 2 is 1.45 bits per heavy atom. The zero-order chi connectivity index (χ0) is 40.4. The van der Waals surface area contributed by atoms with E-state index in [-0.39, 0.29) is 58.9 Å². The lowest BCUT2D eigenvalue weighted by Gasteiger charge is -2.71. The normalized spacial score (nSPS) is 54.8. The van der Waals surface area contributed by atoms with Gasteiger partial charge in [-0.2, -0.15) is 0 Å². The molecule has 14 heteroatoms. The van der Waals surface area contributed by atoms with Crippen LogP contribution in [-0.2, 0) is 28.5 Å². The maximum Gasteiger partial charge on any atom is 0.335 e. The van der Waals surface area contributed by atoms with Crippen molar-refractivity contribution in [3.8, 4) is 0 Å². The Morgan fingerprint density at radius 1 is 0.764 bits per heavy atom. The minimum atomic E-state index is -1.90. The summed E-state index contributed by atoms with van der Waals surface area (Å²) in [4.78, 5) is 25.3. The number of aliphatic hydroxyl groups excluding tert-OH is 6. The molecule has 8 N–H and O–H groups in total. The number of ether oxygens (including phenoxy) is 4. The highest BCUT2D eigenvalue weighted by atomic mass is 16.8. The molecule has 312 valence electrons. The van der Waals surface area contributed by atoms with E-state index in [2.05, 4.69) is 54.5 Å². The quantitative estimate of drug-likeness (QED) is 0.143. The zero-order valence-electron chi connectivity index (χ0n) is 33.2. The monoisotopic (exact) mass is 780 g/mol. The van der Waals surface area contributed by atoms with Crippen molar-refractivity contribution in [2.45, 2.75) is 167 Å². The first kappa shape index (κ1) is 41.4. The maximum absolute atomic E-state index is 13.1. The van der Waals surface area contributed by atoms with E-state index >= 15 is 0 Å². The molecule has 20 atom stereocenters. The predicted octanol–water partition coefficient (Wildman–Crippen LogP) is 2.44. The fraction of sp³-hybridized carbons (Fsp3) is 0.902. The highest BCUT2D eigenvalue weighted by Crippen LogP contribution is 2.76. The van der Waals surface area contributed by atoms with Crippen molar-refractivity contribution in [2.24, 2.45) is 56.7 Å². The van der Waals surface area contributed by atoms with Gasteiger partial charge in [0.1, 0.15) is 36.6 Å². The molecular weight excluding hydrogens is 716 g/mol. The Bertz CT molecular complexity index is 1540. The first-order chi connectivity index (χ1) is 25.6. The maximum atomic E-state index is 13.1. The molecule has 0 bridgehead atoms. The van der Waals surface area contributed by atoms with Gasteiger partial charge < -0.3 is 59.8 Å². The van der Waals surface area contributed by atoms with Gasteiger partial charge in [-0.05, 0) is 103 Å². The number of allylic oxidation sites excluding steroid dienone is 2. The van der Waals surface area contributed by atoms with Gasteiger partial charge in [-0.15, -0.1) is 0 Å². The van der Waals surface area contributed by atoms with Gasteiger partial charge in [0, 0.05) is 0 Å². The van der Waals surface area contributed by atoms with Gasteiger partial charge in [0.15, 0.2) is 18.7 Å². The van der Waals surface area contributed by atoms with Gasteiger partial charge in [-0.1, -0.05) is 60.1 Å². The molecule has 0 aromatic carbocycles. The van der Waals surface area contributed by atoms with E-state index in [1.807, 2.05) is 0 Å². The molecule has 0 amide bonds. The summed E-state index contributed by atoms with van der Waals surface area (Å²) in [5.74, 6) is -1.99. The molecule has 6 fully saturated rings. The molecule has 55 heavy (non-hydrogen) atoms. The molecule has 0 aromatic rings. The Hall–Kier alpha value is -1.72. The molecule has 2 aliphatic heterocycles. The Balaban J connectivity index is 1.16. The lowest BCUT2D eigenvalue weighted by Crippen LogP contribution is -2.67. The average Bonchev–Trinajstić information content (AvgIpc) is 3.11. The molecule has 2 saturated heterocycles. The van der Waals surface area contributed by atoms with E-state index in [1.54, 1.807) is 0 Å². The predicted molar refractivity (Wildman–Crippen MR) is 194 cm³/mol. The zero-order valence-corrected chi connectivity index (χ0v) is 33.2. The third-order valence-electron chi connectivity index (χ3n) is 17.3. The van der Waals surface area contributed by atoms with E-state index in [9.17, 15) is 50.4 Å². The molecule has 14 nitrogen and oxygen atoms in total. The summed E-state index contributed by atoms with van der Waals surface area (Å²) in [6, 6.07) is 0. The third-order valence-corrected chi connectivity index (χ3v) is 17.3. The molecule has 0 aromatic heterocycles. The van der Waals surface area contributed by atoms with Crippen molar-refractivity contribution in [1.82, 2.24) is 0 Å². The molecule has 7 aliphatic rings.